The van der Waals surface area contributed by atoms with E-state index in [4.69, 9.17) is 14.2 Å². The molecule has 2 N–H and O–H groups in total. The summed E-state index contributed by atoms with van der Waals surface area (Å²) in [6, 6.07) is 7.29. The van der Waals surface area contributed by atoms with Crippen LogP contribution in [0.4, 0.5) is 0 Å². The molecule has 0 aromatic heterocycles. The van der Waals surface area contributed by atoms with Gasteiger partial charge in [0.05, 0.1) is 19.3 Å². The molecule has 1 aromatic carbocycles. The van der Waals surface area contributed by atoms with Crippen molar-refractivity contribution in [1.82, 2.24) is 0 Å². The first-order valence-electron chi connectivity index (χ1n) is 12.0. The molecule has 1 saturated carbocycles. The van der Waals surface area contributed by atoms with Gasteiger partial charge in [-0.3, -0.25) is 4.79 Å². The minimum Gasteiger partial charge on any atom is -0.497 e. The topological polar surface area (TPSA) is 85.2 Å². The molecule has 33 heavy (non-hydrogen) atoms. The van der Waals surface area contributed by atoms with Gasteiger partial charge in [-0.1, -0.05) is 18.2 Å². The van der Waals surface area contributed by atoms with E-state index in [1.54, 1.807) is 19.3 Å². The highest BCUT2D eigenvalue weighted by Crippen LogP contribution is 2.49. The van der Waals surface area contributed by atoms with Crippen LogP contribution in [0.25, 0.3) is 0 Å². The van der Waals surface area contributed by atoms with E-state index in [1.165, 1.54) is 0 Å². The molecule has 1 heterocycles. The molecule has 6 atom stereocenters. The predicted molar refractivity (Wildman–Crippen MR) is 131 cm³/mol. The Morgan fingerprint density at radius 2 is 2.06 bits per heavy atom. The van der Waals surface area contributed by atoms with Crippen LogP contribution in [0.5, 0.6) is 11.5 Å². The van der Waals surface area contributed by atoms with Gasteiger partial charge in [0.15, 0.2) is 0 Å². The number of aliphatic hydroxyl groups excluding tert-OH is 2. The second-order valence-electron chi connectivity index (χ2n) is 9.29. The number of carbonyl (C=O) groups excluding carboxylic acids is 1. The fourth-order valence-electron chi connectivity index (χ4n) is 4.80. The molecule has 0 unspecified atom stereocenters. The van der Waals surface area contributed by atoms with Crippen molar-refractivity contribution in [2.75, 3.05) is 13.7 Å². The van der Waals surface area contributed by atoms with E-state index in [-0.39, 0.29) is 30.7 Å². The number of methoxy groups -OCH3 is 1. The van der Waals surface area contributed by atoms with E-state index >= 15 is 0 Å². The second-order valence-corrected chi connectivity index (χ2v) is 10.8. The number of aliphatic hydroxyl groups is 2. The first-order chi connectivity index (χ1) is 15.9. The Bertz CT molecular complexity index is 782. The van der Waals surface area contributed by atoms with E-state index in [2.05, 4.69) is 0 Å². The molecule has 6 nitrogen and oxygen atoms in total. The molecule has 0 bridgehead atoms. The van der Waals surface area contributed by atoms with Gasteiger partial charge in [-0.2, -0.15) is 11.8 Å². The number of rotatable bonds is 11. The largest absolute Gasteiger partial charge is 0.497 e. The van der Waals surface area contributed by atoms with Crippen LogP contribution >= 0.6 is 11.8 Å². The molecule has 3 rings (SSSR count). The number of benzene rings is 1. The molecule has 0 radical (unpaired) electrons. The molecule has 0 amide bonds. The van der Waals surface area contributed by atoms with Crippen molar-refractivity contribution in [1.29, 1.82) is 0 Å². The van der Waals surface area contributed by atoms with Crippen LogP contribution in [0.3, 0.4) is 0 Å². The third-order valence-corrected chi connectivity index (χ3v) is 8.12. The van der Waals surface area contributed by atoms with Crippen LogP contribution in [-0.4, -0.2) is 58.7 Å². The first kappa shape index (κ1) is 25.9. The highest BCUT2D eigenvalue weighted by Gasteiger charge is 2.44. The summed E-state index contributed by atoms with van der Waals surface area (Å²) in [6.45, 7) is 3.90. The zero-order chi connectivity index (χ0) is 23.8. The summed E-state index contributed by atoms with van der Waals surface area (Å²) in [7, 11) is 1.60. The van der Waals surface area contributed by atoms with Crippen LogP contribution in [0, 0.1) is 11.8 Å². The minimum absolute atomic E-state index is 0.0563. The fraction of sp³-hybridized carbons (Fsp3) is 0.654. The number of hydrogen-bond donors (Lipinski definition) is 2. The molecule has 1 aliphatic heterocycles. The summed E-state index contributed by atoms with van der Waals surface area (Å²) in [5.74, 6) is 1.74. The lowest BCUT2D eigenvalue weighted by atomic mass is 9.88. The summed E-state index contributed by atoms with van der Waals surface area (Å²) in [5.41, 5.74) is 0. The lowest BCUT2D eigenvalue weighted by Gasteiger charge is -2.33. The van der Waals surface area contributed by atoms with Crippen molar-refractivity contribution in [2.45, 2.75) is 81.2 Å². The van der Waals surface area contributed by atoms with E-state index < -0.39 is 6.10 Å². The van der Waals surface area contributed by atoms with Crippen LogP contribution in [0.15, 0.2) is 36.4 Å². The minimum atomic E-state index is -0.739. The van der Waals surface area contributed by atoms with Gasteiger partial charge >= 0.3 is 5.97 Å². The Hall–Kier alpha value is -1.70. The number of hydrogen-bond acceptors (Lipinski definition) is 7. The maximum absolute atomic E-state index is 11.7. The SMILES string of the molecule is COc1cccc(OC[C@H](O)/C=C/[C@@H]2[C@H]3CC[C@H](CCCC(=O)OC(C)C)S[C@H]3C[C@H]2O)c1. The van der Waals surface area contributed by atoms with E-state index in [9.17, 15) is 15.0 Å². The van der Waals surface area contributed by atoms with Crippen LogP contribution in [0.1, 0.15) is 52.4 Å². The van der Waals surface area contributed by atoms with Crippen molar-refractivity contribution >= 4 is 17.7 Å². The molecular weight excluding hydrogens is 440 g/mol. The lowest BCUT2D eigenvalue weighted by molar-refractivity contribution is -0.147. The zero-order valence-corrected chi connectivity index (χ0v) is 20.7. The predicted octanol–water partition coefficient (Wildman–Crippen LogP) is 4.37. The average molecular weight is 479 g/mol. The molecule has 1 aromatic rings. The summed E-state index contributed by atoms with van der Waals surface area (Å²) in [4.78, 5) is 11.7. The number of esters is 1. The Kier molecular flexibility index (Phi) is 9.95. The summed E-state index contributed by atoms with van der Waals surface area (Å²) in [5, 5.41) is 22.0. The quantitative estimate of drug-likeness (QED) is 0.361. The van der Waals surface area contributed by atoms with Gasteiger partial charge in [0, 0.05) is 28.9 Å². The smallest absolute Gasteiger partial charge is 0.306 e. The highest BCUT2D eigenvalue weighted by molar-refractivity contribution is 8.00. The van der Waals surface area contributed by atoms with Crippen molar-refractivity contribution < 1.29 is 29.2 Å². The Morgan fingerprint density at radius 1 is 1.27 bits per heavy atom. The summed E-state index contributed by atoms with van der Waals surface area (Å²) < 4.78 is 16.1. The van der Waals surface area contributed by atoms with Crippen molar-refractivity contribution in [3.05, 3.63) is 36.4 Å². The third kappa shape index (κ3) is 7.94. The number of carbonyl (C=O) groups is 1. The summed E-state index contributed by atoms with van der Waals surface area (Å²) in [6.07, 6.45) is 7.87. The van der Waals surface area contributed by atoms with Gasteiger partial charge in [-0.05, 0) is 64.0 Å². The molecule has 0 spiro atoms. The Balaban J connectivity index is 1.42. The van der Waals surface area contributed by atoms with Crippen LogP contribution in [-0.2, 0) is 9.53 Å². The molecule has 1 saturated heterocycles. The zero-order valence-electron chi connectivity index (χ0n) is 19.9. The van der Waals surface area contributed by atoms with Crippen LogP contribution < -0.4 is 9.47 Å². The molecule has 1 aliphatic carbocycles. The van der Waals surface area contributed by atoms with Crippen LogP contribution in [0.2, 0.25) is 0 Å². The van der Waals surface area contributed by atoms with Gasteiger partial charge in [-0.15, -0.1) is 0 Å². The number of fused-ring (bicyclic) bond motifs is 1. The van der Waals surface area contributed by atoms with Gasteiger partial charge in [0.1, 0.15) is 24.2 Å². The molecule has 184 valence electrons. The van der Waals surface area contributed by atoms with Crippen molar-refractivity contribution in [2.24, 2.45) is 11.8 Å². The van der Waals surface area contributed by atoms with Gasteiger partial charge in [-0.25, -0.2) is 0 Å². The van der Waals surface area contributed by atoms with Gasteiger partial charge in [0.2, 0.25) is 0 Å². The molecule has 7 heteroatoms. The Morgan fingerprint density at radius 3 is 2.82 bits per heavy atom. The monoisotopic (exact) mass is 478 g/mol. The van der Waals surface area contributed by atoms with Crippen molar-refractivity contribution in [3.63, 3.8) is 0 Å². The van der Waals surface area contributed by atoms with Gasteiger partial charge in [0.25, 0.3) is 0 Å². The van der Waals surface area contributed by atoms with E-state index in [0.717, 1.165) is 32.1 Å². The third-order valence-electron chi connectivity index (χ3n) is 6.37. The van der Waals surface area contributed by atoms with E-state index in [1.807, 2.05) is 49.9 Å². The first-order valence-corrected chi connectivity index (χ1v) is 13.0. The number of thioether (sulfide) groups is 1. The molecular formula is C26H38O6S. The van der Waals surface area contributed by atoms with Crippen molar-refractivity contribution in [3.8, 4) is 11.5 Å². The Labute approximate surface area is 201 Å². The second kappa shape index (κ2) is 12.7. The maximum atomic E-state index is 11.7. The standard InChI is InChI=1S/C26H38O6S/c1-17(2)32-26(29)9-5-8-21-11-13-23-22(24(28)15-25(23)33-21)12-10-18(27)16-31-20-7-4-6-19(14-20)30-3/h4,6-7,10,12,14,17-18,21-25,27-28H,5,8-9,11,13,15-16H2,1-3H3/b12-10+/t18-,21+,22-,23-,24-,25+/m1/s1. The normalized spacial score (nSPS) is 28.0. The molecule has 2 fully saturated rings. The van der Waals surface area contributed by atoms with Gasteiger partial charge < -0.3 is 24.4 Å². The average Bonchev–Trinajstić information content (AvgIpc) is 3.10. The fourth-order valence-corrected chi connectivity index (χ4v) is 6.69. The lowest BCUT2D eigenvalue weighted by Crippen LogP contribution is -2.27. The molecule has 2 aliphatic rings. The van der Waals surface area contributed by atoms with E-state index in [0.29, 0.717) is 34.3 Å². The number of ether oxygens (including phenoxy) is 3. The summed E-state index contributed by atoms with van der Waals surface area (Å²) >= 11 is 1.98. The maximum Gasteiger partial charge on any atom is 0.306 e. The highest BCUT2D eigenvalue weighted by atomic mass is 32.2.